The predicted molar refractivity (Wildman–Crippen MR) is 137 cm³/mol. The van der Waals surface area contributed by atoms with Crippen molar-refractivity contribution in [3.8, 4) is 5.75 Å². The highest BCUT2D eigenvalue weighted by atomic mass is 16.7. The molecule has 0 amide bonds. The van der Waals surface area contributed by atoms with E-state index in [1.54, 1.807) is 0 Å². The Morgan fingerprint density at radius 1 is 0.943 bits per heavy atom. The van der Waals surface area contributed by atoms with Crippen molar-refractivity contribution in [2.75, 3.05) is 26.4 Å². The van der Waals surface area contributed by atoms with E-state index in [-0.39, 0.29) is 28.7 Å². The average Bonchev–Trinajstić information content (AvgIpc) is 3.70. The molecular formula is C29H47NO5. The van der Waals surface area contributed by atoms with Gasteiger partial charge < -0.3 is 18.9 Å². The van der Waals surface area contributed by atoms with Crippen molar-refractivity contribution in [3.63, 3.8) is 0 Å². The third-order valence-electron chi connectivity index (χ3n) is 8.83. The second kappa shape index (κ2) is 10.3. The van der Waals surface area contributed by atoms with E-state index in [2.05, 4.69) is 65.7 Å². The van der Waals surface area contributed by atoms with Crippen LogP contribution in [0.3, 0.4) is 0 Å². The fourth-order valence-corrected chi connectivity index (χ4v) is 5.97. The predicted octanol–water partition coefficient (Wildman–Crippen LogP) is 6.44. The van der Waals surface area contributed by atoms with Gasteiger partial charge in [-0.2, -0.15) is 5.06 Å². The van der Waals surface area contributed by atoms with Gasteiger partial charge in [0, 0.05) is 23.8 Å². The van der Waals surface area contributed by atoms with E-state index in [9.17, 15) is 0 Å². The van der Waals surface area contributed by atoms with Crippen LogP contribution in [0.25, 0.3) is 0 Å². The minimum atomic E-state index is -0.545. The van der Waals surface area contributed by atoms with Crippen molar-refractivity contribution < 1.29 is 23.8 Å². The number of rotatable bonds is 10. The fraction of sp³-hybridized carbons (Fsp3) is 0.793. The molecule has 1 aromatic carbocycles. The lowest BCUT2D eigenvalue weighted by molar-refractivity contribution is -0.395. The first-order chi connectivity index (χ1) is 16.6. The van der Waals surface area contributed by atoms with Crippen molar-refractivity contribution in [2.45, 2.75) is 116 Å². The SMILES string of the molecule is CCC1(CC)COC2(CC(C)(C)N(OC(C)c3ccc(OCC4CO4)cc3)C(CC)(CC)C2)OC1. The normalized spacial score (nSPS) is 27.5. The molecule has 0 saturated carbocycles. The molecule has 6 nitrogen and oxygen atoms in total. The zero-order chi connectivity index (χ0) is 25.3. The Morgan fingerprint density at radius 2 is 1.54 bits per heavy atom. The molecule has 3 fully saturated rings. The summed E-state index contributed by atoms with van der Waals surface area (Å²) in [6, 6.07) is 8.26. The number of ether oxygens (including phenoxy) is 4. The molecule has 2 atom stereocenters. The average molecular weight is 490 g/mol. The molecule has 198 valence electrons. The Balaban J connectivity index is 1.49. The molecule has 1 spiro atoms. The summed E-state index contributed by atoms with van der Waals surface area (Å²) >= 11 is 0. The van der Waals surface area contributed by atoms with Gasteiger partial charge >= 0.3 is 0 Å². The van der Waals surface area contributed by atoms with Crippen molar-refractivity contribution in [1.82, 2.24) is 5.06 Å². The number of hydrogen-bond donors (Lipinski definition) is 0. The minimum absolute atomic E-state index is 0.0809. The number of hydrogen-bond acceptors (Lipinski definition) is 6. The topological polar surface area (TPSA) is 52.7 Å². The monoisotopic (exact) mass is 489 g/mol. The molecule has 0 radical (unpaired) electrons. The number of epoxide rings is 1. The van der Waals surface area contributed by atoms with Crippen LogP contribution >= 0.6 is 0 Å². The molecule has 3 aliphatic rings. The Kier molecular flexibility index (Phi) is 7.90. The number of hydroxylamine groups is 2. The Hall–Kier alpha value is -1.18. The number of benzene rings is 1. The fourth-order valence-electron chi connectivity index (χ4n) is 5.97. The summed E-state index contributed by atoms with van der Waals surface area (Å²) in [6.07, 6.45) is 5.89. The van der Waals surface area contributed by atoms with Crippen LogP contribution in [0.15, 0.2) is 24.3 Å². The van der Waals surface area contributed by atoms with E-state index in [1.165, 1.54) is 0 Å². The van der Waals surface area contributed by atoms with Crippen LogP contribution in [0, 0.1) is 5.41 Å². The molecule has 6 heteroatoms. The maximum Gasteiger partial charge on any atom is 0.172 e. The van der Waals surface area contributed by atoms with Gasteiger partial charge in [-0.1, -0.05) is 39.8 Å². The van der Waals surface area contributed by atoms with Gasteiger partial charge in [0.05, 0.1) is 25.4 Å². The summed E-state index contributed by atoms with van der Waals surface area (Å²) in [5, 5.41) is 2.29. The molecule has 0 aromatic heterocycles. The molecule has 0 aliphatic carbocycles. The number of nitrogens with zero attached hydrogens (tertiary/aromatic N) is 1. The van der Waals surface area contributed by atoms with Crippen LogP contribution < -0.4 is 4.74 Å². The second-order valence-corrected chi connectivity index (χ2v) is 11.7. The first kappa shape index (κ1) is 26.9. The van der Waals surface area contributed by atoms with Crippen molar-refractivity contribution in [3.05, 3.63) is 29.8 Å². The first-order valence-electron chi connectivity index (χ1n) is 13.7. The Bertz CT molecular complexity index is 816. The maximum atomic E-state index is 6.82. The lowest BCUT2D eigenvalue weighted by Gasteiger charge is -2.61. The Labute approximate surface area is 212 Å². The quantitative estimate of drug-likeness (QED) is 0.353. The third kappa shape index (κ3) is 5.57. The molecule has 0 N–H and O–H groups in total. The highest BCUT2D eigenvalue weighted by Gasteiger charge is 2.59. The summed E-state index contributed by atoms with van der Waals surface area (Å²) in [6.45, 7) is 18.7. The third-order valence-corrected chi connectivity index (χ3v) is 8.83. The standard InChI is InChI=1S/C29H47NO5/c1-8-27(9-2)20-33-29(34-21-27)18-26(6,7)30(28(10-3,11-4)19-29)35-22(5)23-12-14-24(15-13-23)31-16-25-17-32-25/h12-15,22,25H,8-11,16-21H2,1-7H3. The van der Waals surface area contributed by atoms with E-state index in [0.717, 1.165) is 69.7 Å². The van der Waals surface area contributed by atoms with Gasteiger partial charge in [-0.3, -0.25) is 4.84 Å². The van der Waals surface area contributed by atoms with Gasteiger partial charge in [-0.15, -0.1) is 0 Å². The molecule has 4 rings (SSSR count). The first-order valence-corrected chi connectivity index (χ1v) is 13.7. The second-order valence-electron chi connectivity index (χ2n) is 11.7. The van der Waals surface area contributed by atoms with Crippen LogP contribution in [0.2, 0.25) is 0 Å². The summed E-state index contributed by atoms with van der Waals surface area (Å²) < 4.78 is 24.4. The van der Waals surface area contributed by atoms with Crippen molar-refractivity contribution >= 4 is 0 Å². The molecule has 1 aromatic rings. The van der Waals surface area contributed by atoms with E-state index in [1.807, 2.05) is 12.1 Å². The molecule has 3 aliphatic heterocycles. The maximum absolute atomic E-state index is 6.82. The van der Waals surface area contributed by atoms with Gasteiger partial charge in [0.1, 0.15) is 24.6 Å². The molecule has 3 heterocycles. The van der Waals surface area contributed by atoms with E-state index >= 15 is 0 Å². The lowest BCUT2D eigenvalue weighted by atomic mass is 9.72. The zero-order valence-electron chi connectivity index (χ0n) is 23.0. The van der Waals surface area contributed by atoms with E-state index in [0.29, 0.717) is 6.61 Å². The van der Waals surface area contributed by atoms with Crippen molar-refractivity contribution in [2.24, 2.45) is 5.41 Å². The van der Waals surface area contributed by atoms with Crippen LogP contribution in [0.5, 0.6) is 5.75 Å². The van der Waals surface area contributed by atoms with Gasteiger partial charge in [0.25, 0.3) is 0 Å². The largest absolute Gasteiger partial charge is 0.491 e. The van der Waals surface area contributed by atoms with Crippen LogP contribution in [-0.4, -0.2) is 54.5 Å². The van der Waals surface area contributed by atoms with Crippen LogP contribution in [0.1, 0.15) is 98.7 Å². The summed E-state index contributed by atoms with van der Waals surface area (Å²) in [5.74, 6) is 0.325. The van der Waals surface area contributed by atoms with Gasteiger partial charge in [-0.25, -0.2) is 0 Å². The lowest BCUT2D eigenvalue weighted by Crippen LogP contribution is -2.69. The Morgan fingerprint density at radius 3 is 2.06 bits per heavy atom. The van der Waals surface area contributed by atoms with E-state index < -0.39 is 5.79 Å². The summed E-state index contributed by atoms with van der Waals surface area (Å²) in [4.78, 5) is 6.82. The molecule has 0 bridgehead atoms. The summed E-state index contributed by atoms with van der Waals surface area (Å²) in [7, 11) is 0. The highest BCUT2D eigenvalue weighted by Crippen LogP contribution is 2.52. The van der Waals surface area contributed by atoms with Crippen LogP contribution in [-0.2, 0) is 19.0 Å². The molecule has 35 heavy (non-hydrogen) atoms. The zero-order valence-corrected chi connectivity index (χ0v) is 23.0. The van der Waals surface area contributed by atoms with Gasteiger partial charge in [0.2, 0.25) is 0 Å². The van der Waals surface area contributed by atoms with Gasteiger partial charge in [-0.05, 0) is 64.2 Å². The molecule has 2 unspecified atom stereocenters. The molecular weight excluding hydrogens is 442 g/mol. The van der Waals surface area contributed by atoms with Crippen LogP contribution in [0.4, 0.5) is 0 Å². The van der Waals surface area contributed by atoms with Gasteiger partial charge in [0.15, 0.2) is 5.79 Å². The molecule has 3 saturated heterocycles. The van der Waals surface area contributed by atoms with E-state index in [4.69, 9.17) is 23.8 Å². The smallest absolute Gasteiger partial charge is 0.172 e. The summed E-state index contributed by atoms with van der Waals surface area (Å²) in [5.41, 5.74) is 0.865. The minimum Gasteiger partial charge on any atom is -0.491 e. The highest BCUT2D eigenvalue weighted by molar-refractivity contribution is 5.28. The van der Waals surface area contributed by atoms with Crippen molar-refractivity contribution in [1.29, 1.82) is 0 Å². The number of piperidine rings is 1.